The lowest BCUT2D eigenvalue weighted by molar-refractivity contribution is 0.122. The van der Waals surface area contributed by atoms with Crippen molar-refractivity contribution in [3.05, 3.63) is 54.2 Å². The first kappa shape index (κ1) is 13.8. The molecule has 5 heteroatoms. The molecule has 1 saturated heterocycles. The van der Waals surface area contributed by atoms with Crippen molar-refractivity contribution < 1.29 is 4.74 Å². The van der Waals surface area contributed by atoms with Crippen LogP contribution in [0.5, 0.6) is 0 Å². The SMILES string of the molecule is N#Cc1cc(-n2cc3ccccc3n2)ccc1N1CCOCC1. The summed E-state index contributed by atoms with van der Waals surface area (Å²) in [5.41, 5.74) is 3.48. The first-order valence-electron chi connectivity index (χ1n) is 7.67. The molecule has 114 valence electrons. The van der Waals surface area contributed by atoms with E-state index >= 15 is 0 Å². The van der Waals surface area contributed by atoms with Crippen LogP contribution in [0.1, 0.15) is 5.56 Å². The van der Waals surface area contributed by atoms with Crippen molar-refractivity contribution in [2.75, 3.05) is 31.2 Å². The van der Waals surface area contributed by atoms with Crippen LogP contribution in [-0.4, -0.2) is 36.1 Å². The van der Waals surface area contributed by atoms with Gasteiger partial charge in [0.25, 0.3) is 0 Å². The maximum atomic E-state index is 9.52. The van der Waals surface area contributed by atoms with Crippen LogP contribution in [0, 0.1) is 11.3 Å². The number of hydrogen-bond acceptors (Lipinski definition) is 4. The fourth-order valence-electron chi connectivity index (χ4n) is 2.93. The lowest BCUT2D eigenvalue weighted by atomic mass is 10.1. The zero-order valence-corrected chi connectivity index (χ0v) is 12.6. The van der Waals surface area contributed by atoms with E-state index in [1.165, 1.54) is 0 Å². The van der Waals surface area contributed by atoms with Crippen molar-refractivity contribution in [2.45, 2.75) is 0 Å². The number of nitriles is 1. The second-order valence-corrected chi connectivity index (χ2v) is 5.55. The van der Waals surface area contributed by atoms with Crippen LogP contribution >= 0.6 is 0 Å². The first-order chi connectivity index (χ1) is 11.3. The van der Waals surface area contributed by atoms with Gasteiger partial charge in [-0.15, -0.1) is 0 Å². The van der Waals surface area contributed by atoms with Gasteiger partial charge in [-0.3, -0.25) is 0 Å². The van der Waals surface area contributed by atoms with Crippen LogP contribution in [-0.2, 0) is 4.74 Å². The molecule has 2 heterocycles. The number of morpholine rings is 1. The summed E-state index contributed by atoms with van der Waals surface area (Å²) in [5.74, 6) is 0. The van der Waals surface area contributed by atoms with E-state index in [2.05, 4.69) is 16.1 Å². The lowest BCUT2D eigenvalue weighted by Crippen LogP contribution is -2.36. The zero-order chi connectivity index (χ0) is 15.6. The van der Waals surface area contributed by atoms with Crippen LogP contribution in [0.25, 0.3) is 16.6 Å². The second-order valence-electron chi connectivity index (χ2n) is 5.55. The zero-order valence-electron chi connectivity index (χ0n) is 12.6. The molecule has 1 fully saturated rings. The summed E-state index contributed by atoms with van der Waals surface area (Å²) in [6.45, 7) is 3.05. The third kappa shape index (κ3) is 2.54. The van der Waals surface area contributed by atoms with Crippen molar-refractivity contribution in [2.24, 2.45) is 0 Å². The highest BCUT2D eigenvalue weighted by Crippen LogP contribution is 2.25. The van der Waals surface area contributed by atoms with Crippen LogP contribution in [0.3, 0.4) is 0 Å². The molecule has 0 atom stereocenters. The molecule has 0 bridgehead atoms. The molecule has 1 aromatic heterocycles. The van der Waals surface area contributed by atoms with Gasteiger partial charge >= 0.3 is 0 Å². The largest absolute Gasteiger partial charge is 0.378 e. The van der Waals surface area contributed by atoms with Gasteiger partial charge in [0.15, 0.2) is 0 Å². The Balaban J connectivity index is 1.74. The first-order valence-corrected chi connectivity index (χ1v) is 7.67. The van der Waals surface area contributed by atoms with Gasteiger partial charge in [-0.2, -0.15) is 10.4 Å². The highest BCUT2D eigenvalue weighted by molar-refractivity contribution is 5.78. The van der Waals surface area contributed by atoms with E-state index in [1.807, 2.05) is 53.3 Å². The molecule has 3 aromatic rings. The number of aromatic nitrogens is 2. The number of rotatable bonds is 2. The normalized spacial score (nSPS) is 14.8. The molecular formula is C18H16N4O. The second kappa shape index (κ2) is 5.75. The minimum atomic E-state index is 0.670. The summed E-state index contributed by atoms with van der Waals surface area (Å²) in [6.07, 6.45) is 1.99. The van der Waals surface area contributed by atoms with Crippen LogP contribution in [0.2, 0.25) is 0 Å². The average molecular weight is 304 g/mol. The summed E-state index contributed by atoms with van der Waals surface area (Å²) < 4.78 is 7.21. The Morgan fingerprint density at radius 2 is 1.91 bits per heavy atom. The minimum Gasteiger partial charge on any atom is -0.378 e. The van der Waals surface area contributed by atoms with Gasteiger partial charge in [0.05, 0.1) is 35.7 Å². The van der Waals surface area contributed by atoms with E-state index in [1.54, 1.807) is 0 Å². The molecule has 0 radical (unpaired) electrons. The Morgan fingerprint density at radius 1 is 1.09 bits per heavy atom. The molecule has 1 aliphatic rings. The molecule has 4 rings (SSSR count). The number of hydrogen-bond donors (Lipinski definition) is 0. The summed E-state index contributed by atoms with van der Waals surface area (Å²) in [4.78, 5) is 2.20. The standard InChI is InChI=1S/C18H16N4O/c19-12-15-11-16(5-6-18(15)21-7-9-23-10-8-21)22-13-14-3-1-2-4-17(14)20-22/h1-6,11,13H,7-10H2. The highest BCUT2D eigenvalue weighted by Gasteiger charge is 2.15. The number of benzene rings is 2. The van der Waals surface area contributed by atoms with Crippen molar-refractivity contribution in [3.63, 3.8) is 0 Å². The van der Waals surface area contributed by atoms with E-state index in [4.69, 9.17) is 4.74 Å². The van der Waals surface area contributed by atoms with Crippen molar-refractivity contribution in [1.82, 2.24) is 9.78 Å². The highest BCUT2D eigenvalue weighted by atomic mass is 16.5. The molecule has 1 aliphatic heterocycles. The predicted octanol–water partition coefficient (Wildman–Crippen LogP) is 2.73. The van der Waals surface area contributed by atoms with Gasteiger partial charge in [-0.05, 0) is 24.3 Å². The Hall–Kier alpha value is -2.84. The Morgan fingerprint density at radius 3 is 2.70 bits per heavy atom. The van der Waals surface area contributed by atoms with E-state index in [0.29, 0.717) is 18.8 Å². The minimum absolute atomic E-state index is 0.670. The van der Waals surface area contributed by atoms with Crippen LogP contribution in [0.15, 0.2) is 48.7 Å². The van der Waals surface area contributed by atoms with E-state index in [-0.39, 0.29) is 0 Å². The summed E-state index contributed by atoms with van der Waals surface area (Å²) >= 11 is 0. The molecule has 0 unspecified atom stereocenters. The maximum Gasteiger partial charge on any atom is 0.101 e. The summed E-state index contributed by atoms with van der Waals surface area (Å²) in [5, 5.41) is 15.2. The maximum absolute atomic E-state index is 9.52. The molecule has 0 aliphatic carbocycles. The molecule has 0 spiro atoms. The number of fused-ring (bicyclic) bond motifs is 1. The summed E-state index contributed by atoms with van der Waals surface area (Å²) in [7, 11) is 0. The molecular weight excluding hydrogens is 288 g/mol. The third-order valence-corrected chi connectivity index (χ3v) is 4.13. The Labute approximate surface area is 134 Å². The monoisotopic (exact) mass is 304 g/mol. The number of anilines is 1. The van der Waals surface area contributed by atoms with Gasteiger partial charge in [-0.1, -0.05) is 18.2 Å². The predicted molar refractivity (Wildman–Crippen MR) is 88.8 cm³/mol. The number of nitrogens with zero attached hydrogens (tertiary/aromatic N) is 4. The molecule has 0 amide bonds. The fourth-order valence-corrected chi connectivity index (χ4v) is 2.93. The van der Waals surface area contributed by atoms with Crippen molar-refractivity contribution in [3.8, 4) is 11.8 Å². The van der Waals surface area contributed by atoms with Gasteiger partial charge in [0.1, 0.15) is 6.07 Å². The fraction of sp³-hybridized carbons (Fsp3) is 0.222. The van der Waals surface area contributed by atoms with Crippen molar-refractivity contribution >= 4 is 16.6 Å². The lowest BCUT2D eigenvalue weighted by Gasteiger charge is -2.29. The van der Waals surface area contributed by atoms with Gasteiger partial charge in [-0.25, -0.2) is 4.68 Å². The van der Waals surface area contributed by atoms with Gasteiger partial charge < -0.3 is 9.64 Å². The quantitative estimate of drug-likeness (QED) is 0.730. The smallest absolute Gasteiger partial charge is 0.101 e. The number of ether oxygens (including phenoxy) is 1. The molecule has 0 saturated carbocycles. The van der Waals surface area contributed by atoms with Gasteiger partial charge in [0, 0.05) is 24.7 Å². The van der Waals surface area contributed by atoms with Crippen molar-refractivity contribution in [1.29, 1.82) is 5.26 Å². The topological polar surface area (TPSA) is 54.1 Å². The average Bonchev–Trinajstić information content (AvgIpc) is 3.06. The Kier molecular flexibility index (Phi) is 3.45. The van der Waals surface area contributed by atoms with Gasteiger partial charge in [0.2, 0.25) is 0 Å². The van der Waals surface area contributed by atoms with E-state index in [9.17, 15) is 5.26 Å². The molecule has 23 heavy (non-hydrogen) atoms. The third-order valence-electron chi connectivity index (χ3n) is 4.13. The van der Waals surface area contributed by atoms with E-state index in [0.717, 1.165) is 35.4 Å². The molecule has 2 aromatic carbocycles. The molecule has 5 nitrogen and oxygen atoms in total. The molecule has 0 N–H and O–H groups in total. The summed E-state index contributed by atoms with van der Waals surface area (Å²) in [6, 6.07) is 16.2. The van der Waals surface area contributed by atoms with E-state index < -0.39 is 0 Å². The Bertz CT molecular complexity index is 854. The van der Waals surface area contributed by atoms with Crippen LogP contribution < -0.4 is 4.90 Å². The van der Waals surface area contributed by atoms with Crippen LogP contribution in [0.4, 0.5) is 5.69 Å².